The molecule has 0 aromatic heterocycles. The van der Waals surface area contributed by atoms with Gasteiger partial charge in [-0.25, -0.2) is 0 Å². The molecule has 0 aliphatic carbocycles. The molecule has 0 unspecified atom stereocenters. The molecule has 0 atom stereocenters. The van der Waals surface area contributed by atoms with Crippen LogP contribution in [-0.4, -0.2) is 16.8 Å². The van der Waals surface area contributed by atoms with E-state index in [0.29, 0.717) is 0 Å². The fraction of sp³-hybridized carbons (Fsp3) is 0.882. The molecule has 0 spiro atoms. The largest absolute Gasteiger partial charge is 0.388 e. The van der Waals surface area contributed by atoms with Crippen LogP contribution < -0.4 is 0 Å². The van der Waals surface area contributed by atoms with E-state index in [9.17, 15) is 4.79 Å². The first-order valence-electron chi connectivity index (χ1n) is 8.30. The summed E-state index contributed by atoms with van der Waals surface area (Å²) in [6.45, 7) is 5.68. The topological polar surface area (TPSA) is 37.3 Å². The molecular formula is C17H35O2S. The second-order valence-electron chi connectivity index (χ2n) is 5.29. The normalized spacial score (nSPS) is 10.0. The van der Waals surface area contributed by atoms with Crippen molar-refractivity contribution in [2.75, 3.05) is 6.61 Å². The van der Waals surface area contributed by atoms with Crippen molar-refractivity contribution in [1.29, 1.82) is 0 Å². The van der Waals surface area contributed by atoms with Crippen LogP contribution in [0.5, 0.6) is 0 Å². The minimum Gasteiger partial charge on any atom is -0.388 e. The molecule has 0 aromatic carbocycles. The number of aliphatic hydroxyl groups excluding tert-OH is 1. The number of unbranched alkanes of at least 4 members (excludes halogenated alkanes) is 12. The highest BCUT2D eigenvalue weighted by atomic mass is 32.1. The number of hydrogen-bond acceptors (Lipinski definition) is 2. The maximum Gasteiger partial charge on any atom is 0.211 e. The van der Waals surface area contributed by atoms with Gasteiger partial charge in [0.2, 0.25) is 5.12 Å². The van der Waals surface area contributed by atoms with Crippen molar-refractivity contribution in [2.45, 2.75) is 90.4 Å². The van der Waals surface area contributed by atoms with Gasteiger partial charge in [-0.15, -0.1) is 12.6 Å². The Labute approximate surface area is 132 Å². The number of carbonyl (C=O) groups excluding carboxylic acids is 1. The minimum absolute atomic E-state index is 0.469. The lowest BCUT2D eigenvalue weighted by Gasteiger charge is -2.01. The number of thiol groups is 1. The van der Waals surface area contributed by atoms with E-state index >= 15 is 0 Å². The van der Waals surface area contributed by atoms with Crippen LogP contribution in [0, 0.1) is 6.92 Å². The molecule has 1 radical (unpaired) electrons. The van der Waals surface area contributed by atoms with Gasteiger partial charge in [-0.3, -0.25) is 4.79 Å². The lowest BCUT2D eigenvalue weighted by Crippen LogP contribution is -1.89. The van der Waals surface area contributed by atoms with Crippen LogP contribution in [0.1, 0.15) is 90.4 Å². The van der Waals surface area contributed by atoms with Crippen molar-refractivity contribution in [1.82, 2.24) is 0 Å². The molecule has 0 saturated carbocycles. The quantitative estimate of drug-likeness (QED) is 0.355. The van der Waals surface area contributed by atoms with Gasteiger partial charge in [-0.2, -0.15) is 0 Å². The summed E-state index contributed by atoms with van der Waals surface area (Å²) in [5.74, 6) is 0. The minimum atomic E-state index is -0.495. The van der Waals surface area contributed by atoms with Gasteiger partial charge in [0.05, 0.1) is 0 Å². The maximum atomic E-state index is 9.43. The Morgan fingerprint density at radius 2 is 1.15 bits per heavy atom. The molecule has 0 bridgehead atoms. The zero-order chi connectivity index (χ0) is 15.5. The predicted octanol–water partition coefficient (Wildman–Crippen LogP) is 5.35. The zero-order valence-corrected chi connectivity index (χ0v) is 14.3. The molecular weight excluding hydrogens is 268 g/mol. The number of hydrogen-bond donors (Lipinski definition) is 2. The standard InChI is InChI=1S/C15H31.C2H4O2S/c1-3-5-7-9-11-13-15-14-12-10-8-6-4-2;3-1-2(4)5/h1,3-15H2,2H3;3H,1H2,(H,4,5). The van der Waals surface area contributed by atoms with Gasteiger partial charge in [0.15, 0.2) is 0 Å². The first-order chi connectivity index (χ1) is 9.68. The SMILES string of the molecule is O=C(S)CO.[CH2]CCCCCCCCCCCCCC. The summed E-state index contributed by atoms with van der Waals surface area (Å²) in [6.07, 6.45) is 18.3. The molecule has 2 nitrogen and oxygen atoms in total. The average Bonchev–Trinajstić information content (AvgIpc) is 2.45. The van der Waals surface area contributed by atoms with Gasteiger partial charge in [0, 0.05) is 0 Å². The molecule has 0 fully saturated rings. The number of aliphatic hydroxyl groups is 1. The molecule has 0 aromatic rings. The Kier molecular flexibility index (Phi) is 23.7. The fourth-order valence-electron chi connectivity index (χ4n) is 2.02. The van der Waals surface area contributed by atoms with Crippen LogP contribution in [0.4, 0.5) is 0 Å². The Morgan fingerprint density at radius 1 is 0.850 bits per heavy atom. The first-order valence-corrected chi connectivity index (χ1v) is 8.75. The zero-order valence-electron chi connectivity index (χ0n) is 13.4. The molecule has 0 heterocycles. The lowest BCUT2D eigenvalue weighted by atomic mass is 10.1. The Bertz CT molecular complexity index is 172. The highest BCUT2D eigenvalue weighted by Crippen LogP contribution is 2.12. The maximum absolute atomic E-state index is 9.43. The van der Waals surface area contributed by atoms with Crippen molar-refractivity contribution in [3.8, 4) is 0 Å². The van der Waals surface area contributed by atoms with Crippen molar-refractivity contribution < 1.29 is 9.90 Å². The summed E-state index contributed by atoms with van der Waals surface area (Å²) >= 11 is 3.21. The fourth-order valence-corrected chi connectivity index (χ4v) is 2.02. The van der Waals surface area contributed by atoms with E-state index < -0.39 is 11.7 Å². The van der Waals surface area contributed by atoms with Crippen molar-refractivity contribution >= 4 is 17.7 Å². The van der Waals surface area contributed by atoms with Crippen LogP contribution in [0.25, 0.3) is 0 Å². The van der Waals surface area contributed by atoms with E-state index in [0.717, 1.165) is 6.42 Å². The molecule has 0 saturated heterocycles. The summed E-state index contributed by atoms with van der Waals surface area (Å²) in [5.41, 5.74) is 0. The van der Waals surface area contributed by atoms with E-state index in [4.69, 9.17) is 5.11 Å². The van der Waals surface area contributed by atoms with E-state index in [1.807, 2.05) is 0 Å². The summed E-state index contributed by atoms with van der Waals surface area (Å²) < 4.78 is 0. The Morgan fingerprint density at radius 3 is 1.40 bits per heavy atom. The predicted molar refractivity (Wildman–Crippen MR) is 92.1 cm³/mol. The summed E-state index contributed by atoms with van der Waals surface area (Å²) in [7, 11) is 0. The summed E-state index contributed by atoms with van der Waals surface area (Å²) in [4.78, 5) is 9.43. The van der Waals surface area contributed by atoms with Crippen molar-refractivity contribution in [3.05, 3.63) is 6.92 Å². The van der Waals surface area contributed by atoms with Gasteiger partial charge >= 0.3 is 0 Å². The molecule has 20 heavy (non-hydrogen) atoms. The third-order valence-corrected chi connectivity index (χ3v) is 3.38. The Balaban J connectivity index is 0. The van der Waals surface area contributed by atoms with Gasteiger partial charge in [0.25, 0.3) is 0 Å². The van der Waals surface area contributed by atoms with Crippen LogP contribution in [0.2, 0.25) is 0 Å². The third kappa shape index (κ3) is 26.5. The molecule has 3 heteroatoms. The average molecular weight is 304 g/mol. The second kappa shape index (κ2) is 21.3. The lowest BCUT2D eigenvalue weighted by molar-refractivity contribution is -0.113. The third-order valence-electron chi connectivity index (χ3n) is 3.24. The van der Waals surface area contributed by atoms with Crippen LogP contribution in [-0.2, 0) is 4.79 Å². The van der Waals surface area contributed by atoms with E-state index in [2.05, 4.69) is 26.5 Å². The number of carbonyl (C=O) groups is 1. The Hall–Kier alpha value is -0.0200. The molecule has 0 aliphatic rings. The molecule has 121 valence electrons. The van der Waals surface area contributed by atoms with Gasteiger partial charge in [-0.1, -0.05) is 97.3 Å². The van der Waals surface area contributed by atoms with E-state index in [1.54, 1.807) is 0 Å². The smallest absolute Gasteiger partial charge is 0.211 e. The highest BCUT2D eigenvalue weighted by Gasteiger charge is 1.92. The first kappa shape index (κ1) is 22.3. The molecule has 1 N–H and O–H groups in total. The van der Waals surface area contributed by atoms with E-state index in [1.165, 1.54) is 77.0 Å². The van der Waals surface area contributed by atoms with Crippen molar-refractivity contribution in [2.24, 2.45) is 0 Å². The molecule has 0 amide bonds. The molecule has 0 aliphatic heterocycles. The van der Waals surface area contributed by atoms with Crippen molar-refractivity contribution in [3.63, 3.8) is 0 Å². The van der Waals surface area contributed by atoms with Gasteiger partial charge in [-0.05, 0) is 0 Å². The van der Waals surface area contributed by atoms with Gasteiger partial charge in [0.1, 0.15) is 6.61 Å². The number of rotatable bonds is 13. The van der Waals surface area contributed by atoms with E-state index in [-0.39, 0.29) is 0 Å². The van der Waals surface area contributed by atoms with Crippen LogP contribution in [0.3, 0.4) is 0 Å². The molecule has 0 rings (SSSR count). The summed E-state index contributed by atoms with van der Waals surface area (Å²) in [5, 5.41) is 7.22. The monoisotopic (exact) mass is 303 g/mol. The van der Waals surface area contributed by atoms with Gasteiger partial charge < -0.3 is 5.11 Å². The summed E-state index contributed by atoms with van der Waals surface area (Å²) in [6, 6.07) is 0. The van der Waals surface area contributed by atoms with Crippen LogP contribution in [0.15, 0.2) is 0 Å². The second-order valence-corrected chi connectivity index (χ2v) is 5.79. The highest BCUT2D eigenvalue weighted by molar-refractivity contribution is 7.96. The van der Waals surface area contributed by atoms with Crippen LogP contribution >= 0.6 is 12.6 Å².